The van der Waals surface area contributed by atoms with Crippen molar-refractivity contribution >= 4 is 43.1 Å². The normalized spacial score (nSPS) is 14.7. The van der Waals surface area contributed by atoms with Crippen LogP contribution in [-0.2, 0) is 22.6 Å². The van der Waals surface area contributed by atoms with Crippen molar-refractivity contribution in [2.45, 2.75) is 24.7 Å². The highest BCUT2D eigenvalue weighted by atomic mass is 79.9. The molecule has 0 saturated carbocycles. The molecule has 12 heteroatoms. The minimum atomic E-state index is -4.65. The number of aromatic nitrogens is 3. The molecule has 0 aliphatic carbocycles. The first-order chi connectivity index (χ1) is 13.5. The van der Waals surface area contributed by atoms with Gasteiger partial charge in [0.15, 0.2) is 20.7 Å². The van der Waals surface area contributed by atoms with E-state index < -0.39 is 27.5 Å². The second-order valence-electron chi connectivity index (χ2n) is 6.32. The molecule has 0 spiro atoms. The third-order valence-corrected chi connectivity index (χ3v) is 6.76. The van der Waals surface area contributed by atoms with Crippen molar-refractivity contribution < 1.29 is 26.4 Å². The summed E-state index contributed by atoms with van der Waals surface area (Å²) in [6.45, 7) is 1.28. The number of carbonyl (C=O) groups excluding carboxylic acids is 1. The van der Waals surface area contributed by atoms with Gasteiger partial charge in [-0.3, -0.25) is 19.1 Å². The van der Waals surface area contributed by atoms with E-state index in [1.807, 2.05) is 0 Å². The lowest BCUT2D eigenvalue weighted by Gasteiger charge is -2.14. The average molecular weight is 489 g/mol. The molecule has 1 aliphatic heterocycles. The molecule has 4 rings (SSSR count). The summed E-state index contributed by atoms with van der Waals surface area (Å²) >= 11 is 3.28. The van der Waals surface area contributed by atoms with Gasteiger partial charge >= 0.3 is 6.18 Å². The van der Waals surface area contributed by atoms with Gasteiger partial charge < -0.3 is 0 Å². The van der Waals surface area contributed by atoms with Gasteiger partial charge in [-0.05, 0) is 18.2 Å². The summed E-state index contributed by atoms with van der Waals surface area (Å²) in [7, 11) is -3.81. The maximum Gasteiger partial charge on any atom is 0.417 e. The van der Waals surface area contributed by atoms with Gasteiger partial charge in [-0.1, -0.05) is 22.9 Å². The van der Waals surface area contributed by atoms with Crippen molar-refractivity contribution in [3.05, 3.63) is 51.9 Å². The predicted molar refractivity (Wildman–Crippen MR) is 100 cm³/mol. The largest absolute Gasteiger partial charge is 0.417 e. The number of sulfone groups is 1. The maximum atomic E-state index is 13.0. The van der Waals surface area contributed by atoms with Crippen molar-refractivity contribution in [2.75, 3.05) is 10.7 Å². The number of hydrogen-bond acceptors (Lipinski definition) is 5. The van der Waals surface area contributed by atoms with Gasteiger partial charge in [0.2, 0.25) is 0 Å². The van der Waals surface area contributed by atoms with E-state index in [2.05, 4.69) is 25.9 Å². The molecule has 1 amide bonds. The smallest absolute Gasteiger partial charge is 0.289 e. The van der Waals surface area contributed by atoms with Gasteiger partial charge in [-0.25, -0.2) is 13.4 Å². The molecule has 152 valence electrons. The number of pyridine rings is 2. The van der Waals surface area contributed by atoms with Crippen LogP contribution in [0.15, 0.2) is 40.1 Å². The molecule has 0 atom stereocenters. The van der Waals surface area contributed by atoms with Crippen LogP contribution in [0.3, 0.4) is 0 Å². The third-order valence-electron chi connectivity index (χ3n) is 4.54. The number of amides is 1. The average Bonchev–Trinajstić information content (AvgIpc) is 3.18. The van der Waals surface area contributed by atoms with Crippen LogP contribution in [0.1, 0.15) is 28.5 Å². The Bertz CT molecular complexity index is 1270. The van der Waals surface area contributed by atoms with Gasteiger partial charge in [0.05, 0.1) is 29.1 Å². The molecular weight excluding hydrogens is 477 g/mol. The van der Waals surface area contributed by atoms with Crippen LogP contribution in [0.4, 0.5) is 19.0 Å². The number of imidazole rings is 1. The Morgan fingerprint density at radius 2 is 2.00 bits per heavy atom. The summed E-state index contributed by atoms with van der Waals surface area (Å²) in [6, 6.07) is 3.92. The van der Waals surface area contributed by atoms with Crippen molar-refractivity contribution in [1.82, 2.24) is 14.4 Å². The molecule has 3 aromatic heterocycles. The number of halogens is 4. The van der Waals surface area contributed by atoms with E-state index in [0.29, 0.717) is 10.7 Å². The Hall–Kier alpha value is -2.47. The van der Waals surface area contributed by atoms with E-state index in [9.17, 15) is 26.4 Å². The predicted octanol–water partition coefficient (Wildman–Crippen LogP) is 3.46. The number of fused-ring (bicyclic) bond motifs is 2. The summed E-state index contributed by atoms with van der Waals surface area (Å²) in [4.78, 5) is 21.9. The Morgan fingerprint density at radius 1 is 1.28 bits per heavy atom. The van der Waals surface area contributed by atoms with Crippen molar-refractivity contribution in [3.63, 3.8) is 0 Å². The first-order valence-electron chi connectivity index (χ1n) is 8.31. The minimum absolute atomic E-state index is 0.126. The molecular formula is C17H12BrF3N4O3S. The van der Waals surface area contributed by atoms with Gasteiger partial charge in [-0.15, -0.1) is 0 Å². The third kappa shape index (κ3) is 3.19. The van der Waals surface area contributed by atoms with Crippen molar-refractivity contribution in [2.24, 2.45) is 0 Å². The van der Waals surface area contributed by atoms with Crippen LogP contribution in [0.25, 0.3) is 5.65 Å². The Morgan fingerprint density at radius 3 is 2.66 bits per heavy atom. The van der Waals surface area contributed by atoms with E-state index in [4.69, 9.17) is 0 Å². The monoisotopic (exact) mass is 488 g/mol. The summed E-state index contributed by atoms with van der Waals surface area (Å²) in [6.07, 6.45) is -2.51. The standard InChI is InChI=1S/C17H12BrF3N4O3S/c1-2-29(27,28)16-14(23-13-6-10(18)3-4-24(13)16)25-8-12-11(15(25)26)5-9(7-22-12)17(19,20)21/h3-7H,2,8H2,1H3. The molecule has 3 aromatic rings. The topological polar surface area (TPSA) is 84.6 Å². The molecule has 0 fully saturated rings. The molecule has 0 radical (unpaired) electrons. The van der Waals surface area contributed by atoms with Crippen LogP contribution in [0, 0.1) is 0 Å². The summed E-state index contributed by atoms with van der Waals surface area (Å²) in [5, 5.41) is -0.195. The molecule has 0 unspecified atom stereocenters. The Kier molecular flexibility index (Phi) is 4.46. The Labute approximate surface area is 171 Å². The van der Waals surface area contributed by atoms with Crippen LogP contribution in [0.5, 0.6) is 0 Å². The summed E-state index contributed by atoms with van der Waals surface area (Å²) < 4.78 is 66.4. The molecule has 1 aliphatic rings. The molecule has 0 N–H and O–H groups in total. The lowest BCUT2D eigenvalue weighted by Crippen LogP contribution is -2.26. The van der Waals surface area contributed by atoms with E-state index in [0.717, 1.165) is 11.0 Å². The number of alkyl halides is 3. The second-order valence-corrected chi connectivity index (χ2v) is 9.43. The molecule has 0 aromatic carbocycles. The first-order valence-corrected chi connectivity index (χ1v) is 10.8. The van der Waals surface area contributed by atoms with E-state index in [1.165, 1.54) is 17.5 Å². The summed E-state index contributed by atoms with van der Waals surface area (Å²) in [5.41, 5.74) is -0.875. The molecule has 4 heterocycles. The zero-order valence-electron chi connectivity index (χ0n) is 14.7. The fourth-order valence-electron chi connectivity index (χ4n) is 3.08. The van der Waals surface area contributed by atoms with Crippen LogP contribution in [-0.4, -0.2) is 34.4 Å². The fraction of sp³-hybridized carbons (Fsp3) is 0.235. The highest BCUT2D eigenvalue weighted by Crippen LogP contribution is 2.36. The first kappa shape index (κ1) is 19.8. The SMILES string of the molecule is CCS(=O)(=O)c1c(N2Cc3ncc(C(F)(F)F)cc3C2=O)nc2cc(Br)ccn12. The zero-order chi connectivity index (χ0) is 21.1. The highest BCUT2D eigenvalue weighted by molar-refractivity contribution is 9.10. The summed E-state index contributed by atoms with van der Waals surface area (Å²) in [5.74, 6) is -1.16. The van der Waals surface area contributed by atoms with Gasteiger partial charge in [0.25, 0.3) is 5.91 Å². The van der Waals surface area contributed by atoms with Gasteiger partial charge in [0, 0.05) is 16.9 Å². The van der Waals surface area contributed by atoms with E-state index >= 15 is 0 Å². The quantitative estimate of drug-likeness (QED) is 0.563. The number of anilines is 1. The lowest BCUT2D eigenvalue weighted by atomic mass is 10.1. The minimum Gasteiger partial charge on any atom is -0.289 e. The van der Waals surface area contributed by atoms with Crippen molar-refractivity contribution in [3.8, 4) is 0 Å². The van der Waals surface area contributed by atoms with Crippen LogP contribution < -0.4 is 4.90 Å². The highest BCUT2D eigenvalue weighted by Gasteiger charge is 2.39. The second kappa shape index (κ2) is 6.52. The molecule has 7 nitrogen and oxygen atoms in total. The number of hydrogen-bond donors (Lipinski definition) is 0. The lowest BCUT2D eigenvalue weighted by molar-refractivity contribution is -0.137. The maximum absolute atomic E-state index is 13.0. The number of rotatable bonds is 3. The van der Waals surface area contributed by atoms with Gasteiger partial charge in [0.1, 0.15) is 5.65 Å². The van der Waals surface area contributed by atoms with Gasteiger partial charge in [-0.2, -0.15) is 13.2 Å². The van der Waals surface area contributed by atoms with Crippen molar-refractivity contribution in [1.29, 1.82) is 0 Å². The van der Waals surface area contributed by atoms with E-state index in [1.54, 1.807) is 12.1 Å². The molecule has 29 heavy (non-hydrogen) atoms. The fourth-order valence-corrected chi connectivity index (χ4v) is 4.57. The van der Waals surface area contributed by atoms with Crippen LogP contribution in [0.2, 0.25) is 0 Å². The zero-order valence-corrected chi connectivity index (χ0v) is 17.1. The van der Waals surface area contributed by atoms with E-state index in [-0.39, 0.29) is 40.0 Å². The number of carbonyl (C=O) groups is 1. The van der Waals surface area contributed by atoms with Crippen LogP contribution >= 0.6 is 15.9 Å². The molecule has 0 saturated heterocycles. The number of nitrogens with zero attached hydrogens (tertiary/aromatic N) is 4. The molecule has 0 bridgehead atoms. The Balaban J connectivity index is 1.89.